The van der Waals surface area contributed by atoms with Crippen molar-refractivity contribution in [2.45, 2.75) is 45.4 Å². The largest absolute Gasteiger partial charge is 0.493 e. The topological polar surface area (TPSA) is 87.1 Å². The van der Waals surface area contributed by atoms with Gasteiger partial charge >= 0.3 is 0 Å². The van der Waals surface area contributed by atoms with Gasteiger partial charge in [-0.3, -0.25) is 0 Å². The van der Waals surface area contributed by atoms with Gasteiger partial charge in [0.05, 0.1) is 37.9 Å². The van der Waals surface area contributed by atoms with Crippen molar-refractivity contribution in [3.05, 3.63) is 55.9 Å². The Balaban J connectivity index is 1.93. The lowest BCUT2D eigenvalue weighted by Gasteiger charge is -2.23. The first-order valence-corrected chi connectivity index (χ1v) is 10.4. The Kier molecular flexibility index (Phi) is 10.4. The van der Waals surface area contributed by atoms with Crippen LogP contribution in [0.5, 0.6) is 5.75 Å². The van der Waals surface area contributed by atoms with Crippen molar-refractivity contribution < 1.29 is 23.7 Å². The van der Waals surface area contributed by atoms with E-state index in [1.807, 2.05) is 24.3 Å². The third-order valence-corrected chi connectivity index (χ3v) is 5.06. The van der Waals surface area contributed by atoms with Gasteiger partial charge in [0.15, 0.2) is 0 Å². The van der Waals surface area contributed by atoms with Crippen LogP contribution in [0, 0.1) is 25.4 Å². The molecule has 0 spiro atoms. The SMILES string of the molecule is [CH2]C(CC(O)C(N)[CH]OCc1ccc(-c2ccoc2)c(OCCCOC)c1)C(C)C. The summed E-state index contributed by atoms with van der Waals surface area (Å²) in [5, 5.41) is 10.2. The zero-order chi connectivity index (χ0) is 21.9. The first-order valence-electron chi connectivity index (χ1n) is 10.4. The molecule has 1 aromatic carbocycles. The molecule has 3 unspecified atom stereocenters. The first kappa shape index (κ1) is 24.4. The molecule has 2 aromatic rings. The van der Waals surface area contributed by atoms with Gasteiger partial charge < -0.3 is 29.5 Å². The summed E-state index contributed by atoms with van der Waals surface area (Å²) in [6.45, 7) is 11.3. The number of methoxy groups -OCH3 is 1. The van der Waals surface area contributed by atoms with Gasteiger partial charge in [-0.2, -0.15) is 0 Å². The molecule has 30 heavy (non-hydrogen) atoms. The molecule has 2 rings (SSSR count). The summed E-state index contributed by atoms with van der Waals surface area (Å²) < 4.78 is 21.9. The van der Waals surface area contributed by atoms with E-state index in [1.54, 1.807) is 19.6 Å². The van der Waals surface area contributed by atoms with Crippen LogP contribution in [0.15, 0.2) is 41.2 Å². The summed E-state index contributed by atoms with van der Waals surface area (Å²) >= 11 is 0. The van der Waals surface area contributed by atoms with Crippen molar-refractivity contribution in [3.63, 3.8) is 0 Å². The minimum absolute atomic E-state index is 0.146. The van der Waals surface area contributed by atoms with Crippen LogP contribution in [0.1, 0.15) is 32.3 Å². The smallest absolute Gasteiger partial charge is 0.127 e. The number of nitrogens with two attached hydrogens (primary N) is 1. The number of benzene rings is 1. The van der Waals surface area contributed by atoms with E-state index < -0.39 is 12.1 Å². The number of furan rings is 1. The van der Waals surface area contributed by atoms with Crippen molar-refractivity contribution in [1.29, 1.82) is 0 Å². The van der Waals surface area contributed by atoms with Gasteiger partial charge in [0.25, 0.3) is 0 Å². The number of hydrogen-bond acceptors (Lipinski definition) is 6. The predicted octanol–water partition coefficient (Wildman–Crippen LogP) is 4.22. The highest BCUT2D eigenvalue weighted by atomic mass is 16.5. The Hall–Kier alpha value is -1.86. The van der Waals surface area contributed by atoms with Crippen molar-refractivity contribution in [2.75, 3.05) is 20.3 Å². The lowest BCUT2D eigenvalue weighted by atomic mass is 9.90. The molecule has 0 bridgehead atoms. The minimum Gasteiger partial charge on any atom is -0.493 e. The Bertz CT molecular complexity index is 716. The van der Waals surface area contributed by atoms with E-state index in [-0.39, 0.29) is 5.92 Å². The van der Waals surface area contributed by atoms with Gasteiger partial charge in [-0.1, -0.05) is 26.0 Å². The summed E-state index contributed by atoms with van der Waals surface area (Å²) in [5.41, 5.74) is 8.89. The van der Waals surface area contributed by atoms with Crippen molar-refractivity contribution in [1.82, 2.24) is 0 Å². The zero-order valence-corrected chi connectivity index (χ0v) is 18.3. The third kappa shape index (κ3) is 7.76. The summed E-state index contributed by atoms with van der Waals surface area (Å²) in [7, 11) is 1.67. The molecule has 0 saturated heterocycles. The number of aliphatic hydroxyl groups excluding tert-OH is 1. The Morgan fingerprint density at radius 3 is 2.70 bits per heavy atom. The second-order valence-corrected chi connectivity index (χ2v) is 7.87. The second-order valence-electron chi connectivity index (χ2n) is 7.87. The third-order valence-electron chi connectivity index (χ3n) is 5.06. The van der Waals surface area contributed by atoms with Crippen LogP contribution in [0.4, 0.5) is 0 Å². The molecule has 3 atom stereocenters. The molecular formula is C24H35NO5. The van der Waals surface area contributed by atoms with Crippen LogP contribution in [-0.4, -0.2) is 37.6 Å². The highest BCUT2D eigenvalue weighted by Crippen LogP contribution is 2.32. The van der Waals surface area contributed by atoms with Crippen LogP contribution in [0.2, 0.25) is 0 Å². The number of rotatable bonds is 14. The second kappa shape index (κ2) is 12.7. The standard InChI is InChI=1S/C24H35NO5/c1-17(2)18(3)12-23(26)22(25)16-29-14-19-6-7-21(20-8-11-28-15-20)24(13-19)30-10-5-9-27-4/h6-8,11,13,15-18,22-23,26H,3,5,9-10,12,14,25H2,1-2,4H3. The summed E-state index contributed by atoms with van der Waals surface area (Å²) in [6.07, 6.45) is 3.98. The van der Waals surface area contributed by atoms with Gasteiger partial charge in [0, 0.05) is 31.3 Å². The minimum atomic E-state index is -0.682. The first-order chi connectivity index (χ1) is 14.4. The van der Waals surface area contributed by atoms with E-state index in [1.165, 1.54) is 6.61 Å². The molecule has 1 aromatic heterocycles. The van der Waals surface area contributed by atoms with Crippen LogP contribution in [0.3, 0.4) is 0 Å². The molecule has 166 valence electrons. The monoisotopic (exact) mass is 417 g/mol. The van der Waals surface area contributed by atoms with Crippen LogP contribution >= 0.6 is 0 Å². The lowest BCUT2D eigenvalue weighted by Crippen LogP contribution is -2.37. The van der Waals surface area contributed by atoms with E-state index in [0.717, 1.165) is 28.9 Å². The molecule has 2 radical (unpaired) electrons. The average Bonchev–Trinajstić information content (AvgIpc) is 3.25. The van der Waals surface area contributed by atoms with Gasteiger partial charge in [-0.15, -0.1) is 0 Å². The van der Waals surface area contributed by atoms with Crippen molar-refractivity contribution in [3.8, 4) is 16.9 Å². The number of hydrogen-bond donors (Lipinski definition) is 2. The average molecular weight is 418 g/mol. The maximum atomic E-state index is 10.2. The van der Waals surface area contributed by atoms with Crippen molar-refractivity contribution >= 4 is 0 Å². The van der Waals surface area contributed by atoms with Crippen LogP contribution in [-0.2, 0) is 16.1 Å². The normalized spacial score (nSPS) is 14.6. The van der Waals surface area contributed by atoms with Gasteiger partial charge in [-0.05, 0) is 42.9 Å². The molecule has 0 saturated carbocycles. The lowest BCUT2D eigenvalue weighted by molar-refractivity contribution is 0.0809. The molecule has 0 amide bonds. The fraction of sp³-hybridized carbons (Fsp3) is 0.500. The van der Waals surface area contributed by atoms with Crippen molar-refractivity contribution in [2.24, 2.45) is 17.6 Å². The molecule has 3 N–H and O–H groups in total. The van der Waals surface area contributed by atoms with Crippen LogP contribution in [0.25, 0.3) is 11.1 Å². The van der Waals surface area contributed by atoms with E-state index in [9.17, 15) is 5.11 Å². The maximum Gasteiger partial charge on any atom is 0.127 e. The van der Waals surface area contributed by atoms with E-state index in [0.29, 0.717) is 32.2 Å². The maximum absolute atomic E-state index is 10.2. The van der Waals surface area contributed by atoms with Gasteiger partial charge in [-0.25, -0.2) is 0 Å². The van der Waals surface area contributed by atoms with Gasteiger partial charge in [0.1, 0.15) is 12.4 Å². The molecule has 0 aliphatic rings. The summed E-state index contributed by atoms with van der Waals surface area (Å²) in [4.78, 5) is 0. The molecular weight excluding hydrogens is 382 g/mol. The van der Waals surface area contributed by atoms with Crippen LogP contribution < -0.4 is 10.5 Å². The Labute approximate surface area is 180 Å². The number of aliphatic hydroxyl groups is 1. The number of ether oxygens (including phenoxy) is 3. The van der Waals surface area contributed by atoms with E-state index in [4.69, 9.17) is 24.4 Å². The molecule has 0 aliphatic heterocycles. The zero-order valence-electron chi connectivity index (χ0n) is 18.3. The Morgan fingerprint density at radius 1 is 1.23 bits per heavy atom. The highest BCUT2D eigenvalue weighted by Gasteiger charge is 2.20. The van der Waals surface area contributed by atoms with E-state index in [2.05, 4.69) is 20.8 Å². The van der Waals surface area contributed by atoms with E-state index >= 15 is 0 Å². The predicted molar refractivity (Wildman–Crippen MR) is 118 cm³/mol. The summed E-state index contributed by atoms with van der Waals surface area (Å²) in [5.74, 6) is 1.30. The fourth-order valence-electron chi connectivity index (χ4n) is 2.90. The molecule has 6 heteroatoms. The Morgan fingerprint density at radius 2 is 2.03 bits per heavy atom. The highest BCUT2D eigenvalue weighted by molar-refractivity contribution is 5.70. The fourth-order valence-corrected chi connectivity index (χ4v) is 2.90. The molecule has 6 nitrogen and oxygen atoms in total. The quantitative estimate of drug-likeness (QED) is 0.448. The van der Waals surface area contributed by atoms with Gasteiger partial charge in [0.2, 0.25) is 0 Å². The molecule has 0 fully saturated rings. The molecule has 1 heterocycles. The summed E-state index contributed by atoms with van der Waals surface area (Å²) in [6, 6.07) is 7.25. The molecule has 0 aliphatic carbocycles.